The summed E-state index contributed by atoms with van der Waals surface area (Å²) in [7, 11) is -3.14. The Morgan fingerprint density at radius 3 is 1.23 bits per heavy atom. The summed E-state index contributed by atoms with van der Waals surface area (Å²) in [6.07, 6.45) is 37.4. The molecule has 2 N–H and O–H groups in total. The molecule has 3 atom stereocenters. The Balaban J connectivity index is 3.78. The average Bonchev–Trinajstić information content (AvgIpc) is 3.05. The van der Waals surface area contributed by atoms with Crippen molar-refractivity contribution in [1.82, 2.24) is 0 Å². The van der Waals surface area contributed by atoms with Crippen molar-refractivity contribution < 1.29 is 33.4 Å². The highest BCUT2D eigenvalue weighted by molar-refractivity contribution is 7.32. The summed E-state index contributed by atoms with van der Waals surface area (Å²) in [4.78, 5) is 21.4. The second kappa shape index (κ2) is 38.3. The Labute approximate surface area is 292 Å². The maximum absolute atomic E-state index is 12.4. The van der Waals surface area contributed by atoms with Crippen molar-refractivity contribution in [3.63, 3.8) is 0 Å². The van der Waals surface area contributed by atoms with Crippen LogP contribution in [0.25, 0.3) is 0 Å². The molecule has 0 aliphatic carbocycles. The van der Waals surface area contributed by atoms with Gasteiger partial charge in [-0.15, -0.1) is 0 Å². The van der Waals surface area contributed by atoms with E-state index in [4.69, 9.17) is 18.9 Å². The molecular weight excluding hydrogens is 611 g/mol. The second-order valence-electron chi connectivity index (χ2n) is 13.9. The highest BCUT2D eigenvalue weighted by Crippen LogP contribution is 2.18. The van der Waals surface area contributed by atoms with Crippen molar-refractivity contribution in [3.8, 4) is 0 Å². The first kappa shape index (κ1) is 46.5. The number of carbonyl (C=O) groups excluding carboxylic acids is 1. The van der Waals surface area contributed by atoms with Gasteiger partial charge in [-0.3, -0.25) is 9.36 Å². The first-order chi connectivity index (χ1) is 23.0. The summed E-state index contributed by atoms with van der Waals surface area (Å²) < 4.78 is 26.9. The van der Waals surface area contributed by atoms with Crippen LogP contribution >= 0.6 is 8.25 Å². The fourth-order valence-corrected chi connectivity index (χ4v) is 6.49. The van der Waals surface area contributed by atoms with Gasteiger partial charge in [0, 0.05) is 6.42 Å². The molecule has 7 nitrogen and oxygen atoms in total. The van der Waals surface area contributed by atoms with Gasteiger partial charge in [-0.1, -0.05) is 194 Å². The van der Waals surface area contributed by atoms with Crippen LogP contribution in [0.1, 0.15) is 219 Å². The monoisotopic (exact) mass is 691 g/mol. The van der Waals surface area contributed by atoms with E-state index in [1.165, 1.54) is 161 Å². The van der Waals surface area contributed by atoms with E-state index in [-0.39, 0.29) is 19.2 Å². The number of unbranched alkanes of at least 4 members (excludes halogenated alkanes) is 28. The Hall–Kier alpha value is -0.460. The van der Waals surface area contributed by atoms with Gasteiger partial charge in [-0.05, 0) is 19.3 Å². The molecule has 0 saturated heterocycles. The average molecular weight is 691 g/mol. The molecule has 0 radical (unpaired) electrons. The van der Waals surface area contributed by atoms with Crippen molar-refractivity contribution >= 4 is 14.2 Å². The topological polar surface area (TPSA) is 102 Å². The molecule has 47 heavy (non-hydrogen) atoms. The molecule has 0 aromatic carbocycles. The van der Waals surface area contributed by atoms with Crippen molar-refractivity contribution in [2.75, 3.05) is 13.2 Å². The highest BCUT2D eigenvalue weighted by Gasteiger charge is 2.18. The van der Waals surface area contributed by atoms with Gasteiger partial charge in [0.05, 0.1) is 13.2 Å². The van der Waals surface area contributed by atoms with Crippen LogP contribution in [0.5, 0.6) is 0 Å². The predicted octanol–water partition coefficient (Wildman–Crippen LogP) is 12.2. The fraction of sp³-hybridized carbons (Fsp3) is 0.974. The molecule has 0 aromatic heterocycles. The lowest BCUT2D eigenvalue weighted by Crippen LogP contribution is -2.30. The predicted molar refractivity (Wildman–Crippen MR) is 198 cm³/mol. The summed E-state index contributed by atoms with van der Waals surface area (Å²) in [5.74, 6) is -0.355. The number of rotatable bonds is 39. The minimum absolute atomic E-state index is 0.0559. The first-order valence-electron chi connectivity index (χ1n) is 20.3. The zero-order chi connectivity index (χ0) is 34.5. The second-order valence-corrected chi connectivity index (χ2v) is 14.7. The summed E-state index contributed by atoms with van der Waals surface area (Å²) >= 11 is 0. The van der Waals surface area contributed by atoms with Crippen LogP contribution in [0, 0.1) is 0 Å². The normalized spacial score (nSPS) is 13.5. The molecule has 0 aliphatic rings. The third-order valence-electron chi connectivity index (χ3n) is 9.20. The van der Waals surface area contributed by atoms with Crippen LogP contribution in [-0.2, 0) is 23.4 Å². The SMILES string of the molecule is CCCCCCCCCCCCCCCCCC(=O)OC(CO[C@@H](O)CCCCCCCCCCCCCCCCC)CO[PH](=O)O. The van der Waals surface area contributed by atoms with Crippen molar-refractivity contribution in [2.45, 2.75) is 232 Å². The van der Waals surface area contributed by atoms with Gasteiger partial charge in [0.25, 0.3) is 0 Å². The van der Waals surface area contributed by atoms with Gasteiger partial charge >= 0.3 is 14.2 Å². The van der Waals surface area contributed by atoms with E-state index in [1.54, 1.807) is 0 Å². The van der Waals surface area contributed by atoms with Crippen molar-refractivity contribution in [1.29, 1.82) is 0 Å². The van der Waals surface area contributed by atoms with Crippen molar-refractivity contribution in [2.24, 2.45) is 0 Å². The molecule has 8 heteroatoms. The molecule has 0 fully saturated rings. The third-order valence-corrected chi connectivity index (χ3v) is 9.62. The van der Waals surface area contributed by atoms with E-state index < -0.39 is 20.6 Å². The molecule has 2 unspecified atom stereocenters. The van der Waals surface area contributed by atoms with Crippen LogP contribution in [0.3, 0.4) is 0 Å². The highest BCUT2D eigenvalue weighted by atomic mass is 31.1. The van der Waals surface area contributed by atoms with E-state index in [9.17, 15) is 14.5 Å². The number of aliphatic hydroxyl groups is 1. The number of hydrogen-bond donors (Lipinski definition) is 2. The number of ether oxygens (including phenoxy) is 2. The summed E-state index contributed by atoms with van der Waals surface area (Å²) in [5, 5.41) is 10.3. The quantitative estimate of drug-likeness (QED) is 0.0286. The number of hydrogen-bond acceptors (Lipinski definition) is 6. The number of esters is 1. The standard InChI is InChI=1S/C39H79O7P/c1-3-5-7-9-11-13-15-17-19-21-23-25-27-29-31-33-38(40)44-35-37(36-45-47(42)43)46-39(41)34-32-30-28-26-24-22-20-18-16-14-12-10-8-6-4-2/h37-38,40,47H,3-36H2,1-2H3,(H,42,43)/t37?,38-/m1/s1. The molecule has 0 saturated carbocycles. The number of aliphatic hydroxyl groups excluding tert-OH is 1. The maximum Gasteiger partial charge on any atom is 0.316 e. The lowest BCUT2D eigenvalue weighted by atomic mass is 10.0. The van der Waals surface area contributed by atoms with Crippen LogP contribution in [0.15, 0.2) is 0 Å². The van der Waals surface area contributed by atoms with Gasteiger partial charge in [0.15, 0.2) is 6.29 Å². The minimum Gasteiger partial charge on any atom is -0.457 e. The number of carbonyl (C=O) groups is 1. The zero-order valence-corrected chi connectivity index (χ0v) is 32.1. The summed E-state index contributed by atoms with van der Waals surface area (Å²) in [5.41, 5.74) is 0. The van der Waals surface area contributed by atoms with E-state index in [0.29, 0.717) is 12.8 Å². The Kier molecular flexibility index (Phi) is 38.0. The largest absolute Gasteiger partial charge is 0.457 e. The van der Waals surface area contributed by atoms with E-state index in [0.717, 1.165) is 32.1 Å². The van der Waals surface area contributed by atoms with Crippen LogP contribution in [0.4, 0.5) is 0 Å². The first-order valence-corrected chi connectivity index (χ1v) is 21.6. The van der Waals surface area contributed by atoms with Crippen molar-refractivity contribution in [3.05, 3.63) is 0 Å². The van der Waals surface area contributed by atoms with E-state index in [2.05, 4.69) is 13.8 Å². The van der Waals surface area contributed by atoms with Crippen LogP contribution < -0.4 is 0 Å². The molecule has 0 bridgehead atoms. The van der Waals surface area contributed by atoms with Crippen LogP contribution in [0.2, 0.25) is 0 Å². The summed E-state index contributed by atoms with van der Waals surface area (Å²) in [6.45, 7) is 4.26. The van der Waals surface area contributed by atoms with E-state index in [1.807, 2.05) is 0 Å². The smallest absolute Gasteiger partial charge is 0.316 e. The molecule has 0 heterocycles. The molecular formula is C39H79O7P. The molecule has 0 amide bonds. The van der Waals surface area contributed by atoms with Gasteiger partial charge < -0.3 is 24.0 Å². The van der Waals surface area contributed by atoms with E-state index >= 15 is 0 Å². The van der Waals surface area contributed by atoms with Gasteiger partial charge in [-0.25, -0.2) is 0 Å². The van der Waals surface area contributed by atoms with Gasteiger partial charge in [0.1, 0.15) is 6.10 Å². The lowest BCUT2D eigenvalue weighted by molar-refractivity contribution is -0.166. The van der Waals surface area contributed by atoms with Crippen LogP contribution in [-0.4, -0.2) is 41.6 Å². The Morgan fingerprint density at radius 1 is 0.532 bits per heavy atom. The van der Waals surface area contributed by atoms with Gasteiger partial charge in [0.2, 0.25) is 0 Å². The maximum atomic E-state index is 12.4. The minimum atomic E-state index is -3.14. The molecule has 0 aliphatic heterocycles. The molecule has 0 spiro atoms. The molecule has 0 rings (SSSR count). The Morgan fingerprint density at radius 2 is 0.872 bits per heavy atom. The Bertz CT molecular complexity index is 663. The lowest BCUT2D eigenvalue weighted by Gasteiger charge is -2.20. The zero-order valence-electron chi connectivity index (χ0n) is 31.1. The fourth-order valence-electron chi connectivity index (χ4n) is 6.16. The van der Waals surface area contributed by atoms with Gasteiger partial charge in [-0.2, -0.15) is 0 Å². The third kappa shape index (κ3) is 38.2. The molecule has 282 valence electrons. The molecule has 0 aromatic rings. The summed E-state index contributed by atoms with van der Waals surface area (Å²) in [6, 6.07) is 0.